The summed E-state index contributed by atoms with van der Waals surface area (Å²) >= 11 is 0. The zero-order chi connectivity index (χ0) is 12.5. The van der Waals surface area contributed by atoms with Crippen LogP contribution >= 0.6 is 0 Å². The van der Waals surface area contributed by atoms with Crippen molar-refractivity contribution in [1.29, 1.82) is 0 Å². The fourth-order valence-corrected chi connectivity index (χ4v) is 1.47. The summed E-state index contributed by atoms with van der Waals surface area (Å²) in [5.41, 5.74) is 8.01. The van der Waals surface area contributed by atoms with E-state index in [0.29, 0.717) is 19.8 Å². The van der Waals surface area contributed by atoms with E-state index < -0.39 is 0 Å². The maximum Gasteiger partial charge on any atom is 0.0716 e. The van der Waals surface area contributed by atoms with Crippen LogP contribution in [0.25, 0.3) is 0 Å². The van der Waals surface area contributed by atoms with Gasteiger partial charge in [-0.1, -0.05) is 36.9 Å². The second kappa shape index (κ2) is 8.01. The molecule has 0 radical (unpaired) electrons. The van der Waals surface area contributed by atoms with Gasteiger partial charge in [0.05, 0.1) is 13.2 Å². The molecule has 0 aliphatic heterocycles. The number of benzene rings is 1. The predicted octanol–water partition coefficient (Wildman–Crippen LogP) is 2.12. The second-order valence-electron chi connectivity index (χ2n) is 4.02. The molecule has 0 bridgehead atoms. The molecule has 0 aliphatic carbocycles. The lowest BCUT2D eigenvalue weighted by molar-refractivity contribution is 0.114. The average Bonchev–Trinajstić information content (AvgIpc) is 2.36. The fraction of sp³-hybridized carbons (Fsp3) is 0.429. The van der Waals surface area contributed by atoms with Gasteiger partial charge in [-0.05, 0) is 17.6 Å². The summed E-state index contributed by atoms with van der Waals surface area (Å²) in [5, 5.41) is 0. The number of hydrogen-bond donors (Lipinski definition) is 1. The van der Waals surface area contributed by atoms with Crippen LogP contribution in [0.15, 0.2) is 42.5 Å². The number of rotatable bonds is 8. The lowest BCUT2D eigenvalue weighted by Crippen LogP contribution is -2.26. The zero-order valence-electron chi connectivity index (χ0n) is 10.4. The lowest BCUT2D eigenvalue weighted by Gasteiger charge is -2.14. The van der Waals surface area contributed by atoms with Crippen molar-refractivity contribution < 1.29 is 9.47 Å². The van der Waals surface area contributed by atoms with Gasteiger partial charge < -0.3 is 15.2 Å². The molecule has 1 rings (SSSR count). The van der Waals surface area contributed by atoms with Crippen molar-refractivity contribution in [3.05, 3.63) is 48.0 Å². The third-order valence-corrected chi connectivity index (χ3v) is 2.54. The molecule has 1 aromatic carbocycles. The zero-order valence-corrected chi connectivity index (χ0v) is 10.4. The van der Waals surface area contributed by atoms with Crippen LogP contribution in [0.5, 0.6) is 0 Å². The van der Waals surface area contributed by atoms with Crippen LogP contribution < -0.4 is 5.73 Å². The summed E-state index contributed by atoms with van der Waals surface area (Å²) in [6.07, 6.45) is 0.773. The minimum absolute atomic E-state index is 0.0503. The van der Waals surface area contributed by atoms with Crippen molar-refractivity contribution in [3.63, 3.8) is 0 Å². The SMILES string of the molecule is C=C(COC)C(N)CCOCc1ccccc1. The summed E-state index contributed by atoms with van der Waals surface area (Å²) < 4.78 is 10.5. The summed E-state index contributed by atoms with van der Waals surface area (Å²) in [4.78, 5) is 0. The molecule has 1 aromatic rings. The smallest absolute Gasteiger partial charge is 0.0716 e. The first-order valence-electron chi connectivity index (χ1n) is 5.78. The largest absolute Gasteiger partial charge is 0.380 e. The Morgan fingerprint density at radius 2 is 2.06 bits per heavy atom. The van der Waals surface area contributed by atoms with Gasteiger partial charge in [0.15, 0.2) is 0 Å². The van der Waals surface area contributed by atoms with E-state index in [-0.39, 0.29) is 6.04 Å². The van der Waals surface area contributed by atoms with Crippen LogP contribution in [0.4, 0.5) is 0 Å². The molecule has 3 nitrogen and oxygen atoms in total. The van der Waals surface area contributed by atoms with Crippen molar-refractivity contribution in [1.82, 2.24) is 0 Å². The number of methoxy groups -OCH3 is 1. The summed E-state index contributed by atoms with van der Waals surface area (Å²) in [6, 6.07) is 10.0. The van der Waals surface area contributed by atoms with E-state index in [1.807, 2.05) is 30.3 Å². The number of nitrogens with two attached hydrogens (primary N) is 1. The molecular formula is C14H21NO2. The van der Waals surface area contributed by atoms with E-state index in [1.165, 1.54) is 5.56 Å². The van der Waals surface area contributed by atoms with Gasteiger partial charge in [-0.25, -0.2) is 0 Å². The molecular weight excluding hydrogens is 214 g/mol. The molecule has 1 atom stereocenters. The Bertz CT molecular complexity index is 324. The third-order valence-electron chi connectivity index (χ3n) is 2.54. The normalized spacial score (nSPS) is 12.4. The molecule has 1 unspecified atom stereocenters. The van der Waals surface area contributed by atoms with E-state index in [2.05, 4.69) is 6.58 Å². The van der Waals surface area contributed by atoms with Gasteiger partial charge >= 0.3 is 0 Å². The van der Waals surface area contributed by atoms with Crippen molar-refractivity contribution in [3.8, 4) is 0 Å². The van der Waals surface area contributed by atoms with Gasteiger partial charge in [0.2, 0.25) is 0 Å². The van der Waals surface area contributed by atoms with Gasteiger partial charge in [-0.3, -0.25) is 0 Å². The Hall–Kier alpha value is -1.16. The molecule has 0 aromatic heterocycles. The number of ether oxygens (including phenoxy) is 2. The van der Waals surface area contributed by atoms with E-state index in [1.54, 1.807) is 7.11 Å². The van der Waals surface area contributed by atoms with E-state index in [0.717, 1.165) is 12.0 Å². The van der Waals surface area contributed by atoms with Crippen molar-refractivity contribution >= 4 is 0 Å². The molecule has 0 saturated heterocycles. The fourth-order valence-electron chi connectivity index (χ4n) is 1.47. The maximum atomic E-state index is 5.92. The van der Waals surface area contributed by atoms with Crippen LogP contribution in [0, 0.1) is 0 Å². The standard InChI is InChI=1S/C14H21NO2/c1-12(10-16-2)14(15)8-9-17-11-13-6-4-3-5-7-13/h3-7,14H,1,8-11,15H2,2H3. The minimum atomic E-state index is -0.0503. The van der Waals surface area contributed by atoms with Crippen molar-refractivity contribution in [2.45, 2.75) is 19.1 Å². The topological polar surface area (TPSA) is 44.5 Å². The maximum absolute atomic E-state index is 5.92. The quantitative estimate of drug-likeness (QED) is 0.554. The van der Waals surface area contributed by atoms with Crippen LogP contribution in [0.2, 0.25) is 0 Å². The van der Waals surface area contributed by atoms with Crippen LogP contribution in [0.1, 0.15) is 12.0 Å². The van der Waals surface area contributed by atoms with Crippen molar-refractivity contribution in [2.24, 2.45) is 5.73 Å². The molecule has 3 heteroatoms. The van der Waals surface area contributed by atoms with E-state index in [9.17, 15) is 0 Å². The van der Waals surface area contributed by atoms with Gasteiger partial charge in [0.1, 0.15) is 0 Å². The van der Waals surface area contributed by atoms with Crippen LogP contribution in [-0.4, -0.2) is 26.4 Å². The molecule has 0 saturated carbocycles. The third kappa shape index (κ3) is 5.63. The average molecular weight is 235 g/mol. The lowest BCUT2D eigenvalue weighted by atomic mass is 10.1. The highest BCUT2D eigenvalue weighted by Crippen LogP contribution is 2.04. The predicted molar refractivity (Wildman–Crippen MR) is 69.7 cm³/mol. The van der Waals surface area contributed by atoms with Crippen molar-refractivity contribution in [2.75, 3.05) is 20.3 Å². The van der Waals surface area contributed by atoms with Gasteiger partial charge in [-0.2, -0.15) is 0 Å². The van der Waals surface area contributed by atoms with E-state index in [4.69, 9.17) is 15.2 Å². The first kappa shape index (κ1) is 13.9. The first-order chi connectivity index (χ1) is 8.24. The van der Waals surface area contributed by atoms with E-state index >= 15 is 0 Å². The molecule has 17 heavy (non-hydrogen) atoms. The Balaban J connectivity index is 2.14. The van der Waals surface area contributed by atoms with Gasteiger partial charge in [0, 0.05) is 19.8 Å². The number of hydrogen-bond acceptors (Lipinski definition) is 3. The molecule has 0 fully saturated rings. The molecule has 2 N–H and O–H groups in total. The monoisotopic (exact) mass is 235 g/mol. The highest BCUT2D eigenvalue weighted by Gasteiger charge is 2.06. The van der Waals surface area contributed by atoms with Gasteiger partial charge in [0.25, 0.3) is 0 Å². The van der Waals surface area contributed by atoms with Crippen LogP contribution in [-0.2, 0) is 16.1 Å². The first-order valence-corrected chi connectivity index (χ1v) is 5.78. The highest BCUT2D eigenvalue weighted by molar-refractivity contribution is 5.13. The Morgan fingerprint density at radius 1 is 1.35 bits per heavy atom. The second-order valence-corrected chi connectivity index (χ2v) is 4.02. The molecule has 0 amide bonds. The Kier molecular flexibility index (Phi) is 6.55. The Labute approximate surface area is 103 Å². The Morgan fingerprint density at radius 3 is 2.71 bits per heavy atom. The summed E-state index contributed by atoms with van der Waals surface area (Å²) in [6.45, 7) is 5.66. The highest BCUT2D eigenvalue weighted by atomic mass is 16.5. The van der Waals surface area contributed by atoms with Gasteiger partial charge in [-0.15, -0.1) is 0 Å². The summed E-state index contributed by atoms with van der Waals surface area (Å²) in [5.74, 6) is 0. The van der Waals surface area contributed by atoms with Crippen LogP contribution in [0.3, 0.4) is 0 Å². The molecule has 0 spiro atoms. The molecule has 0 aliphatic rings. The summed E-state index contributed by atoms with van der Waals surface area (Å²) in [7, 11) is 1.64. The minimum Gasteiger partial charge on any atom is -0.380 e. The molecule has 0 heterocycles. The molecule has 94 valence electrons.